The maximum Gasteiger partial charge on any atom is 0.0629 e. The SMILES string of the molecule is Cc1ccc(N=C2CC(C)N(C)CC2C)cc1. The summed E-state index contributed by atoms with van der Waals surface area (Å²) < 4.78 is 0. The van der Waals surface area contributed by atoms with Crippen LogP contribution in [0.3, 0.4) is 0 Å². The van der Waals surface area contributed by atoms with Gasteiger partial charge >= 0.3 is 0 Å². The van der Waals surface area contributed by atoms with E-state index in [1.807, 2.05) is 0 Å². The molecule has 1 fully saturated rings. The molecule has 0 bridgehead atoms. The highest BCUT2D eigenvalue weighted by Crippen LogP contribution is 2.22. The van der Waals surface area contributed by atoms with Gasteiger partial charge in [0.25, 0.3) is 0 Å². The summed E-state index contributed by atoms with van der Waals surface area (Å²) in [5.74, 6) is 0.567. The average molecular weight is 230 g/mol. The molecule has 0 aromatic heterocycles. The van der Waals surface area contributed by atoms with E-state index in [2.05, 4.69) is 57.0 Å². The van der Waals surface area contributed by atoms with Gasteiger partial charge in [-0.1, -0.05) is 24.6 Å². The molecule has 0 aliphatic carbocycles. The number of hydrogen-bond acceptors (Lipinski definition) is 2. The second-order valence-electron chi connectivity index (χ2n) is 5.33. The first-order valence-electron chi connectivity index (χ1n) is 6.40. The quantitative estimate of drug-likeness (QED) is 0.721. The molecule has 2 rings (SSSR count). The highest BCUT2D eigenvalue weighted by Gasteiger charge is 2.24. The number of nitrogens with zero attached hydrogens (tertiary/aromatic N) is 2. The van der Waals surface area contributed by atoms with Crippen molar-refractivity contribution in [3.63, 3.8) is 0 Å². The van der Waals surface area contributed by atoms with Crippen LogP contribution < -0.4 is 0 Å². The molecule has 1 aliphatic rings. The molecule has 0 N–H and O–H groups in total. The molecule has 2 atom stereocenters. The molecule has 0 saturated carbocycles. The van der Waals surface area contributed by atoms with Gasteiger partial charge in [0.05, 0.1) is 5.69 Å². The minimum absolute atomic E-state index is 0.567. The van der Waals surface area contributed by atoms with Crippen LogP contribution in [0.25, 0.3) is 0 Å². The molecule has 1 heterocycles. The summed E-state index contributed by atoms with van der Waals surface area (Å²) in [6.07, 6.45) is 1.09. The van der Waals surface area contributed by atoms with Crippen molar-refractivity contribution in [3.8, 4) is 0 Å². The minimum atomic E-state index is 0.567. The maximum atomic E-state index is 4.82. The molecule has 2 nitrogen and oxygen atoms in total. The first-order chi connectivity index (χ1) is 8.06. The summed E-state index contributed by atoms with van der Waals surface area (Å²) in [5, 5.41) is 0. The third kappa shape index (κ3) is 2.95. The summed E-state index contributed by atoms with van der Waals surface area (Å²) in [6.45, 7) is 7.77. The van der Waals surface area contributed by atoms with E-state index in [-0.39, 0.29) is 0 Å². The molecule has 1 saturated heterocycles. The van der Waals surface area contributed by atoms with Crippen LogP contribution in [0, 0.1) is 12.8 Å². The van der Waals surface area contributed by atoms with Gasteiger partial charge in [-0.15, -0.1) is 0 Å². The Morgan fingerprint density at radius 2 is 1.82 bits per heavy atom. The van der Waals surface area contributed by atoms with Crippen LogP contribution in [0.4, 0.5) is 5.69 Å². The number of aryl methyl sites for hydroxylation is 1. The number of rotatable bonds is 1. The third-order valence-electron chi connectivity index (χ3n) is 3.69. The molecular formula is C15H22N2. The Hall–Kier alpha value is -1.15. The third-order valence-corrected chi connectivity index (χ3v) is 3.69. The van der Waals surface area contributed by atoms with E-state index in [4.69, 9.17) is 4.99 Å². The van der Waals surface area contributed by atoms with E-state index >= 15 is 0 Å². The zero-order chi connectivity index (χ0) is 12.4. The number of hydrogen-bond donors (Lipinski definition) is 0. The number of aliphatic imine (C=N–C) groups is 1. The van der Waals surface area contributed by atoms with Crippen molar-refractivity contribution in [2.24, 2.45) is 10.9 Å². The molecule has 2 unspecified atom stereocenters. The molecule has 92 valence electrons. The van der Waals surface area contributed by atoms with Crippen LogP contribution in [-0.4, -0.2) is 30.2 Å². The zero-order valence-corrected chi connectivity index (χ0v) is 11.3. The molecule has 0 amide bonds. The molecule has 17 heavy (non-hydrogen) atoms. The van der Waals surface area contributed by atoms with Gasteiger partial charge < -0.3 is 4.90 Å². The number of benzene rings is 1. The van der Waals surface area contributed by atoms with E-state index in [1.165, 1.54) is 11.3 Å². The Kier molecular flexibility index (Phi) is 3.63. The molecule has 2 heteroatoms. The van der Waals surface area contributed by atoms with Gasteiger partial charge in [0.2, 0.25) is 0 Å². The standard InChI is InChI=1S/C15H22N2/c1-11-5-7-14(8-6-11)16-15-9-13(3)17(4)10-12(15)2/h5-8,12-13H,9-10H2,1-4H3. The Morgan fingerprint density at radius 3 is 2.47 bits per heavy atom. The van der Waals surface area contributed by atoms with Crippen molar-refractivity contribution in [1.82, 2.24) is 4.90 Å². The van der Waals surface area contributed by atoms with Crippen LogP contribution >= 0.6 is 0 Å². The van der Waals surface area contributed by atoms with E-state index in [9.17, 15) is 0 Å². The summed E-state index contributed by atoms with van der Waals surface area (Å²) in [6, 6.07) is 9.08. The van der Waals surface area contributed by atoms with Crippen molar-refractivity contribution in [3.05, 3.63) is 29.8 Å². The maximum absolute atomic E-state index is 4.82. The summed E-state index contributed by atoms with van der Waals surface area (Å²) in [4.78, 5) is 7.23. The highest BCUT2D eigenvalue weighted by atomic mass is 15.1. The molecule has 1 aliphatic heterocycles. The van der Waals surface area contributed by atoms with Gasteiger partial charge in [-0.05, 0) is 33.0 Å². The van der Waals surface area contributed by atoms with E-state index < -0.39 is 0 Å². The van der Waals surface area contributed by atoms with Gasteiger partial charge in [-0.2, -0.15) is 0 Å². The lowest BCUT2D eigenvalue weighted by molar-refractivity contribution is 0.226. The van der Waals surface area contributed by atoms with Crippen LogP contribution in [0.5, 0.6) is 0 Å². The molecule has 0 spiro atoms. The normalized spacial score (nSPS) is 28.6. The largest absolute Gasteiger partial charge is 0.303 e. The lowest BCUT2D eigenvalue weighted by atomic mass is 9.93. The second kappa shape index (κ2) is 5.01. The van der Waals surface area contributed by atoms with Crippen LogP contribution in [0.2, 0.25) is 0 Å². The second-order valence-corrected chi connectivity index (χ2v) is 5.33. The first kappa shape index (κ1) is 12.3. The molecule has 1 aromatic carbocycles. The van der Waals surface area contributed by atoms with Crippen LogP contribution in [-0.2, 0) is 0 Å². The predicted molar refractivity (Wildman–Crippen MR) is 74.1 cm³/mol. The molecule has 0 radical (unpaired) electrons. The van der Waals surface area contributed by atoms with Crippen molar-refractivity contribution in [1.29, 1.82) is 0 Å². The monoisotopic (exact) mass is 230 g/mol. The average Bonchev–Trinajstić information content (AvgIpc) is 2.29. The summed E-state index contributed by atoms with van der Waals surface area (Å²) >= 11 is 0. The summed E-state index contributed by atoms with van der Waals surface area (Å²) in [5.41, 5.74) is 3.73. The Balaban J connectivity index is 2.18. The molecule has 1 aromatic rings. The van der Waals surface area contributed by atoms with Gasteiger partial charge in [-0.3, -0.25) is 4.99 Å². The predicted octanol–water partition coefficient (Wildman–Crippen LogP) is 3.43. The fraction of sp³-hybridized carbons (Fsp3) is 0.533. The smallest absolute Gasteiger partial charge is 0.0629 e. The summed E-state index contributed by atoms with van der Waals surface area (Å²) in [7, 11) is 2.20. The highest BCUT2D eigenvalue weighted by molar-refractivity contribution is 5.90. The van der Waals surface area contributed by atoms with E-state index in [0.717, 1.165) is 18.7 Å². The Morgan fingerprint density at radius 1 is 1.18 bits per heavy atom. The van der Waals surface area contributed by atoms with E-state index in [1.54, 1.807) is 0 Å². The van der Waals surface area contributed by atoms with Gasteiger partial charge in [0.1, 0.15) is 0 Å². The number of likely N-dealkylation sites (tertiary alicyclic amines) is 1. The van der Waals surface area contributed by atoms with Gasteiger partial charge in [-0.25, -0.2) is 0 Å². The fourth-order valence-corrected chi connectivity index (χ4v) is 2.32. The van der Waals surface area contributed by atoms with Crippen LogP contribution in [0.1, 0.15) is 25.8 Å². The number of piperidine rings is 1. The fourth-order valence-electron chi connectivity index (χ4n) is 2.32. The minimum Gasteiger partial charge on any atom is -0.303 e. The van der Waals surface area contributed by atoms with Crippen molar-refractivity contribution in [2.45, 2.75) is 33.2 Å². The first-order valence-corrected chi connectivity index (χ1v) is 6.40. The Bertz CT molecular complexity index is 405. The van der Waals surface area contributed by atoms with Crippen molar-refractivity contribution < 1.29 is 0 Å². The molecular weight excluding hydrogens is 208 g/mol. The topological polar surface area (TPSA) is 15.6 Å². The van der Waals surface area contributed by atoms with E-state index in [0.29, 0.717) is 12.0 Å². The van der Waals surface area contributed by atoms with Crippen LogP contribution in [0.15, 0.2) is 29.3 Å². The van der Waals surface area contributed by atoms with Crippen molar-refractivity contribution >= 4 is 11.4 Å². The lowest BCUT2D eigenvalue weighted by Gasteiger charge is -2.34. The van der Waals surface area contributed by atoms with Gasteiger partial charge in [0.15, 0.2) is 0 Å². The lowest BCUT2D eigenvalue weighted by Crippen LogP contribution is -2.42. The van der Waals surface area contributed by atoms with Gasteiger partial charge in [0, 0.05) is 30.6 Å². The van der Waals surface area contributed by atoms with Crippen molar-refractivity contribution in [2.75, 3.05) is 13.6 Å². The Labute approximate surface area is 104 Å². The zero-order valence-electron chi connectivity index (χ0n) is 11.3.